The number of carbonyl (C=O) groups excluding carboxylic acids is 1. The maximum atomic E-state index is 10.4. The zero-order valence-electron chi connectivity index (χ0n) is 8.12. The van der Waals surface area contributed by atoms with Gasteiger partial charge in [0.05, 0.1) is 25.8 Å². The molecule has 0 aliphatic rings. The normalized spacial score (nSPS) is 7.07. The number of nitrogens with zero attached hydrogens (tertiary/aromatic N) is 2. The number of hydrogen-bond donors (Lipinski definition) is 1. The van der Waals surface area contributed by atoms with Crippen LogP contribution in [0.4, 0.5) is 0 Å². The molecule has 0 saturated carbocycles. The smallest absolute Gasteiger partial charge is 0.319 e. The molecule has 0 saturated heterocycles. The molecular formula is C9H13N3O2. The lowest BCUT2D eigenvalue weighted by Crippen LogP contribution is -2.24. The van der Waals surface area contributed by atoms with Gasteiger partial charge in [0.2, 0.25) is 0 Å². The van der Waals surface area contributed by atoms with Crippen LogP contribution in [-0.2, 0) is 9.53 Å². The van der Waals surface area contributed by atoms with E-state index in [1.165, 1.54) is 13.2 Å². The molecule has 0 aromatic heterocycles. The molecule has 0 spiro atoms. The lowest BCUT2D eigenvalue weighted by Gasteiger charge is -1.98. The molecule has 5 nitrogen and oxygen atoms in total. The fraction of sp³-hybridized carbons (Fsp3) is 0.444. The topological polar surface area (TPSA) is 85.9 Å². The van der Waals surface area contributed by atoms with Crippen LogP contribution in [0.1, 0.15) is 6.42 Å². The van der Waals surface area contributed by atoms with Gasteiger partial charge in [-0.25, -0.2) is 0 Å². The van der Waals surface area contributed by atoms with E-state index < -0.39 is 0 Å². The van der Waals surface area contributed by atoms with Crippen LogP contribution in [0.5, 0.6) is 0 Å². The van der Waals surface area contributed by atoms with E-state index in [0.29, 0.717) is 13.0 Å². The third-order valence-corrected chi connectivity index (χ3v) is 1.00. The highest BCUT2D eigenvalue weighted by Crippen LogP contribution is 1.72. The first-order chi connectivity index (χ1) is 6.72. The Kier molecular flexibility index (Phi) is 14.4. The number of ether oxygens (including phenoxy) is 1. The van der Waals surface area contributed by atoms with Crippen molar-refractivity contribution in [3.63, 3.8) is 0 Å². The Morgan fingerprint density at radius 3 is 2.57 bits per heavy atom. The molecule has 0 aliphatic heterocycles. The Hall–Kier alpha value is -1.85. The van der Waals surface area contributed by atoms with Crippen molar-refractivity contribution in [1.82, 2.24) is 5.32 Å². The Morgan fingerprint density at radius 1 is 1.64 bits per heavy atom. The summed E-state index contributed by atoms with van der Waals surface area (Å²) in [6.45, 7) is 3.83. The fourth-order valence-electron chi connectivity index (χ4n) is 0.407. The summed E-state index contributed by atoms with van der Waals surface area (Å²) in [6, 6.07) is 3.64. The highest BCUT2D eigenvalue weighted by molar-refractivity contribution is 5.71. The summed E-state index contributed by atoms with van der Waals surface area (Å²) < 4.78 is 4.35. The molecule has 1 N–H and O–H groups in total. The third kappa shape index (κ3) is 16.6. The van der Waals surface area contributed by atoms with E-state index >= 15 is 0 Å². The van der Waals surface area contributed by atoms with Crippen molar-refractivity contribution < 1.29 is 9.53 Å². The summed E-state index contributed by atoms with van der Waals surface area (Å²) in [7, 11) is 1.33. The molecular weight excluding hydrogens is 182 g/mol. The number of esters is 1. The van der Waals surface area contributed by atoms with Gasteiger partial charge in [-0.3, -0.25) is 4.79 Å². The first kappa shape index (κ1) is 14.7. The van der Waals surface area contributed by atoms with Crippen molar-refractivity contribution in [2.24, 2.45) is 0 Å². The van der Waals surface area contributed by atoms with Crippen LogP contribution in [0, 0.1) is 22.7 Å². The minimum atomic E-state index is -0.307. The summed E-state index contributed by atoms with van der Waals surface area (Å²) in [5.74, 6) is -0.307. The summed E-state index contributed by atoms with van der Waals surface area (Å²) >= 11 is 0. The van der Waals surface area contributed by atoms with E-state index in [9.17, 15) is 4.79 Å². The highest BCUT2D eigenvalue weighted by Gasteiger charge is 1.95. The predicted octanol–water partition coefficient (Wildman–Crippen LogP) is 0.359. The minimum absolute atomic E-state index is 0.179. The van der Waals surface area contributed by atoms with Gasteiger partial charge in [-0.05, 0) is 0 Å². The SMILES string of the molecule is C=CC#N.COC(=O)CNCCC#N. The molecule has 0 fully saturated rings. The fourth-order valence-corrected chi connectivity index (χ4v) is 0.407. The second kappa shape index (κ2) is 13.7. The van der Waals surface area contributed by atoms with Gasteiger partial charge in [-0.2, -0.15) is 10.5 Å². The summed E-state index contributed by atoms with van der Waals surface area (Å²) in [6.07, 6.45) is 1.59. The van der Waals surface area contributed by atoms with E-state index in [0.717, 1.165) is 0 Å². The van der Waals surface area contributed by atoms with Crippen molar-refractivity contribution in [1.29, 1.82) is 10.5 Å². The molecule has 0 radical (unpaired) electrons. The van der Waals surface area contributed by atoms with Crippen molar-refractivity contribution in [3.8, 4) is 12.1 Å². The Bertz CT molecular complexity index is 237. The lowest BCUT2D eigenvalue weighted by molar-refractivity contribution is -0.139. The summed E-state index contributed by atoms with van der Waals surface area (Å²) in [5.41, 5.74) is 0. The number of methoxy groups -OCH3 is 1. The van der Waals surface area contributed by atoms with Gasteiger partial charge >= 0.3 is 5.97 Å². The van der Waals surface area contributed by atoms with Crippen LogP contribution in [0.3, 0.4) is 0 Å². The van der Waals surface area contributed by atoms with Crippen LogP contribution in [0.15, 0.2) is 12.7 Å². The Morgan fingerprint density at radius 2 is 2.21 bits per heavy atom. The number of hydrogen-bond acceptors (Lipinski definition) is 5. The first-order valence-corrected chi connectivity index (χ1v) is 3.87. The second-order valence-electron chi connectivity index (χ2n) is 1.99. The number of carbonyl (C=O) groups is 1. The van der Waals surface area contributed by atoms with E-state index in [1.807, 2.05) is 6.07 Å². The second-order valence-corrected chi connectivity index (χ2v) is 1.99. The van der Waals surface area contributed by atoms with Gasteiger partial charge in [0.25, 0.3) is 0 Å². The number of nitrogens with one attached hydrogen (secondary N) is 1. The molecule has 0 aliphatic carbocycles. The maximum Gasteiger partial charge on any atom is 0.319 e. The van der Waals surface area contributed by atoms with Crippen molar-refractivity contribution >= 4 is 5.97 Å². The monoisotopic (exact) mass is 195 g/mol. The van der Waals surface area contributed by atoms with Gasteiger partial charge < -0.3 is 10.1 Å². The molecule has 14 heavy (non-hydrogen) atoms. The zero-order valence-corrected chi connectivity index (χ0v) is 8.12. The highest BCUT2D eigenvalue weighted by atomic mass is 16.5. The minimum Gasteiger partial charge on any atom is -0.468 e. The van der Waals surface area contributed by atoms with E-state index in [1.54, 1.807) is 6.07 Å². The molecule has 0 unspecified atom stereocenters. The molecule has 0 rings (SSSR count). The van der Waals surface area contributed by atoms with Crippen molar-refractivity contribution in [2.45, 2.75) is 6.42 Å². The standard InChI is InChI=1S/C6H10N2O2.C3H3N/c1-10-6(9)5-8-4-2-3-7;1-2-3-4/h8H,2,4-5H2,1H3;2H,1H2. The molecule has 5 heteroatoms. The number of nitriles is 2. The van der Waals surface area contributed by atoms with E-state index in [4.69, 9.17) is 10.5 Å². The zero-order chi connectivity index (χ0) is 11.2. The molecule has 0 aromatic carbocycles. The first-order valence-electron chi connectivity index (χ1n) is 3.87. The molecule has 0 atom stereocenters. The predicted molar refractivity (Wildman–Crippen MR) is 50.9 cm³/mol. The van der Waals surface area contributed by atoms with Gasteiger partial charge in [-0.1, -0.05) is 6.58 Å². The van der Waals surface area contributed by atoms with Crippen LogP contribution < -0.4 is 5.32 Å². The Labute approximate surface area is 83.6 Å². The third-order valence-electron chi connectivity index (χ3n) is 1.00. The van der Waals surface area contributed by atoms with Crippen LogP contribution in [0.2, 0.25) is 0 Å². The summed E-state index contributed by atoms with van der Waals surface area (Å²) in [5, 5.41) is 18.3. The molecule has 0 aromatic rings. The Balaban J connectivity index is 0. The molecule has 0 heterocycles. The van der Waals surface area contributed by atoms with Gasteiger partial charge in [0.1, 0.15) is 0 Å². The van der Waals surface area contributed by atoms with Crippen LogP contribution in [0.25, 0.3) is 0 Å². The van der Waals surface area contributed by atoms with Gasteiger partial charge in [0, 0.05) is 19.0 Å². The average molecular weight is 195 g/mol. The van der Waals surface area contributed by atoms with Crippen molar-refractivity contribution in [3.05, 3.63) is 12.7 Å². The maximum absolute atomic E-state index is 10.4. The molecule has 0 bridgehead atoms. The largest absolute Gasteiger partial charge is 0.468 e. The van der Waals surface area contributed by atoms with Crippen molar-refractivity contribution in [2.75, 3.05) is 20.2 Å². The van der Waals surface area contributed by atoms with Crippen LogP contribution >= 0.6 is 0 Å². The summed E-state index contributed by atoms with van der Waals surface area (Å²) in [4.78, 5) is 10.4. The molecule has 0 amide bonds. The number of rotatable bonds is 4. The number of allylic oxidation sites excluding steroid dienone is 1. The van der Waals surface area contributed by atoms with Crippen LogP contribution in [-0.4, -0.2) is 26.2 Å². The quantitative estimate of drug-likeness (QED) is 0.397. The van der Waals surface area contributed by atoms with Gasteiger partial charge in [-0.15, -0.1) is 0 Å². The molecule has 76 valence electrons. The van der Waals surface area contributed by atoms with E-state index in [2.05, 4.69) is 16.6 Å². The average Bonchev–Trinajstić information content (AvgIpc) is 2.24. The van der Waals surface area contributed by atoms with Gasteiger partial charge in [0.15, 0.2) is 0 Å². The van der Waals surface area contributed by atoms with E-state index in [-0.39, 0.29) is 12.5 Å². The lowest BCUT2D eigenvalue weighted by atomic mass is 10.4.